The number of rotatable bonds is 7. The van der Waals surface area contributed by atoms with E-state index in [1.165, 1.54) is 6.20 Å². The maximum Gasteiger partial charge on any atom is 0.138 e. The molecule has 9 nitrogen and oxygen atoms in total. The van der Waals surface area contributed by atoms with Crippen molar-refractivity contribution >= 4 is 11.3 Å². The smallest absolute Gasteiger partial charge is 0.138 e. The summed E-state index contributed by atoms with van der Waals surface area (Å²) in [6.45, 7) is 1.46. The second kappa shape index (κ2) is 9.70. The highest BCUT2D eigenvalue weighted by Crippen LogP contribution is 2.32. The van der Waals surface area contributed by atoms with Crippen LogP contribution in [0.2, 0.25) is 0 Å². The highest BCUT2D eigenvalue weighted by Gasteiger charge is 2.33. The summed E-state index contributed by atoms with van der Waals surface area (Å²) in [4.78, 5) is 11.2. The third-order valence-electron chi connectivity index (χ3n) is 6.38. The molecular formula is C26H26N6O3. The lowest BCUT2D eigenvalue weighted by Gasteiger charge is -2.38. The molecule has 0 spiro atoms. The van der Waals surface area contributed by atoms with E-state index in [1.54, 1.807) is 23.1 Å². The number of aliphatic hydroxyl groups is 2. The van der Waals surface area contributed by atoms with Crippen molar-refractivity contribution in [3.63, 3.8) is 0 Å². The van der Waals surface area contributed by atoms with Gasteiger partial charge in [0.2, 0.25) is 0 Å². The Labute approximate surface area is 202 Å². The molecule has 0 saturated carbocycles. The van der Waals surface area contributed by atoms with Crippen LogP contribution >= 0.6 is 0 Å². The molecule has 9 heteroatoms. The van der Waals surface area contributed by atoms with Gasteiger partial charge in [0.15, 0.2) is 0 Å². The van der Waals surface area contributed by atoms with Gasteiger partial charge in [0.05, 0.1) is 35.7 Å². The maximum atomic E-state index is 11.1. The maximum absolute atomic E-state index is 11.1. The minimum Gasteiger partial charge on any atom is -0.490 e. The number of hydrogen-bond acceptors (Lipinski definition) is 8. The molecule has 0 unspecified atom stereocenters. The van der Waals surface area contributed by atoms with Crippen LogP contribution in [-0.2, 0) is 6.42 Å². The largest absolute Gasteiger partial charge is 0.490 e. The van der Waals surface area contributed by atoms with Gasteiger partial charge in [-0.3, -0.25) is 4.98 Å². The summed E-state index contributed by atoms with van der Waals surface area (Å²) in [6.07, 6.45) is 8.57. The van der Waals surface area contributed by atoms with E-state index in [0.717, 1.165) is 22.6 Å². The number of nitrogens with zero attached hydrogens (tertiary/aromatic N) is 6. The highest BCUT2D eigenvalue weighted by atomic mass is 16.5. The van der Waals surface area contributed by atoms with Crippen LogP contribution in [0.15, 0.2) is 61.2 Å². The van der Waals surface area contributed by atoms with Gasteiger partial charge in [-0.15, -0.1) is 0 Å². The van der Waals surface area contributed by atoms with Crippen LogP contribution in [0.3, 0.4) is 0 Å². The molecule has 1 saturated heterocycles. The number of anilines is 1. The number of fused-ring (bicyclic) bond motifs is 1. The predicted octanol–water partition coefficient (Wildman–Crippen LogP) is 2.61. The van der Waals surface area contributed by atoms with Gasteiger partial charge < -0.3 is 19.8 Å². The van der Waals surface area contributed by atoms with Gasteiger partial charge in [0.1, 0.15) is 24.2 Å². The molecule has 0 bridgehead atoms. The first-order chi connectivity index (χ1) is 17.1. The zero-order valence-electron chi connectivity index (χ0n) is 19.2. The Kier molecular flexibility index (Phi) is 6.31. The quantitative estimate of drug-likeness (QED) is 0.423. The van der Waals surface area contributed by atoms with Crippen molar-refractivity contribution in [3.8, 4) is 22.9 Å². The Morgan fingerprint density at radius 1 is 1.11 bits per heavy atom. The summed E-state index contributed by atoms with van der Waals surface area (Å²) in [5.74, 6) is 1.38. The minimum atomic E-state index is -0.763. The molecule has 4 aromatic rings. The molecule has 2 N–H and O–H groups in total. The van der Waals surface area contributed by atoms with Gasteiger partial charge in [0, 0.05) is 48.7 Å². The molecule has 4 aromatic heterocycles. The van der Waals surface area contributed by atoms with Crippen LogP contribution in [0.1, 0.15) is 24.1 Å². The number of piperidine rings is 1. The fraction of sp³-hybridized carbons (Fsp3) is 0.308. The van der Waals surface area contributed by atoms with Crippen molar-refractivity contribution in [2.45, 2.75) is 24.9 Å². The summed E-state index contributed by atoms with van der Waals surface area (Å²) in [5.41, 5.74) is 2.88. The van der Waals surface area contributed by atoms with Crippen molar-refractivity contribution in [2.24, 2.45) is 0 Å². The lowest BCUT2D eigenvalue weighted by molar-refractivity contribution is 0.0156. The van der Waals surface area contributed by atoms with Gasteiger partial charge in [-0.05, 0) is 43.2 Å². The van der Waals surface area contributed by atoms with Crippen LogP contribution < -0.4 is 9.64 Å². The Balaban J connectivity index is 1.35. The van der Waals surface area contributed by atoms with Gasteiger partial charge in [-0.2, -0.15) is 10.4 Å². The summed E-state index contributed by atoms with van der Waals surface area (Å²) >= 11 is 0. The fourth-order valence-electron chi connectivity index (χ4n) is 4.54. The Morgan fingerprint density at radius 3 is 2.66 bits per heavy atom. The molecule has 0 aromatic carbocycles. The Bertz CT molecular complexity index is 1340. The van der Waals surface area contributed by atoms with Gasteiger partial charge in [0.25, 0.3) is 0 Å². The molecule has 1 fully saturated rings. The van der Waals surface area contributed by atoms with Gasteiger partial charge >= 0.3 is 0 Å². The molecule has 5 heterocycles. The van der Waals surface area contributed by atoms with Crippen LogP contribution in [0.25, 0.3) is 16.6 Å². The third-order valence-corrected chi connectivity index (χ3v) is 6.38. The van der Waals surface area contributed by atoms with E-state index < -0.39 is 5.60 Å². The summed E-state index contributed by atoms with van der Waals surface area (Å²) < 4.78 is 7.21. The number of aliphatic hydroxyl groups excluding tert-OH is 1. The first-order valence-corrected chi connectivity index (χ1v) is 11.6. The fourth-order valence-corrected chi connectivity index (χ4v) is 4.54. The van der Waals surface area contributed by atoms with E-state index in [9.17, 15) is 10.4 Å². The number of ether oxygens (including phenoxy) is 1. The second-order valence-corrected chi connectivity index (χ2v) is 8.74. The lowest BCUT2D eigenvalue weighted by Crippen LogP contribution is -2.46. The molecule has 1 aliphatic rings. The number of aromatic nitrogens is 4. The van der Waals surface area contributed by atoms with Crippen molar-refractivity contribution < 1.29 is 14.9 Å². The first-order valence-electron chi connectivity index (χ1n) is 11.6. The van der Waals surface area contributed by atoms with E-state index in [-0.39, 0.29) is 13.2 Å². The van der Waals surface area contributed by atoms with E-state index in [4.69, 9.17) is 9.84 Å². The third kappa shape index (κ3) is 4.80. The topological polar surface area (TPSA) is 120 Å². The van der Waals surface area contributed by atoms with E-state index in [2.05, 4.69) is 26.0 Å². The monoisotopic (exact) mass is 470 g/mol. The minimum absolute atomic E-state index is 0.0982. The van der Waals surface area contributed by atoms with Crippen molar-refractivity contribution in [1.29, 1.82) is 5.26 Å². The molecule has 1 aliphatic heterocycles. The predicted molar refractivity (Wildman–Crippen MR) is 130 cm³/mol. The first kappa shape index (κ1) is 22.8. The summed E-state index contributed by atoms with van der Waals surface area (Å²) in [7, 11) is 0. The number of pyridine rings is 3. The second-order valence-electron chi connectivity index (χ2n) is 8.74. The van der Waals surface area contributed by atoms with Crippen LogP contribution in [0, 0.1) is 11.3 Å². The molecule has 178 valence electrons. The van der Waals surface area contributed by atoms with Crippen molar-refractivity contribution in [1.82, 2.24) is 19.6 Å². The molecule has 0 radical (unpaired) electrons. The molecule has 0 aliphatic carbocycles. The van der Waals surface area contributed by atoms with Crippen LogP contribution in [-0.4, -0.2) is 61.7 Å². The summed E-state index contributed by atoms with van der Waals surface area (Å²) in [6, 6.07) is 13.7. The number of nitriles is 1. The summed E-state index contributed by atoms with van der Waals surface area (Å²) in [5, 5.41) is 34.0. The van der Waals surface area contributed by atoms with Crippen LogP contribution in [0.5, 0.6) is 5.75 Å². The van der Waals surface area contributed by atoms with Gasteiger partial charge in [-0.1, -0.05) is 6.07 Å². The van der Waals surface area contributed by atoms with E-state index in [0.29, 0.717) is 49.2 Å². The SMILES string of the molecule is N#Cc1cnn2cc(OCCO)cc(-c3ccc(N4CCC(O)(Cc5ccccn5)CC4)nc3)c12. The standard InChI is InChI=1S/C26H26N6O3/c27-15-20-17-30-32-18-22(35-12-11-33)13-23(25(20)32)19-4-5-24(29-16-19)31-9-6-26(34,7-10-31)14-21-3-1-2-8-28-21/h1-5,8,13,16-18,33-34H,6-7,9-12,14H2. The molecule has 0 atom stereocenters. The normalized spacial score (nSPS) is 15.2. The molecule has 0 amide bonds. The van der Waals surface area contributed by atoms with E-state index >= 15 is 0 Å². The Hall–Kier alpha value is -4.00. The Morgan fingerprint density at radius 2 is 1.97 bits per heavy atom. The van der Waals surface area contributed by atoms with Crippen molar-refractivity contribution in [3.05, 3.63) is 72.4 Å². The highest BCUT2D eigenvalue weighted by molar-refractivity contribution is 5.85. The zero-order chi connectivity index (χ0) is 24.3. The average molecular weight is 471 g/mol. The molecule has 5 rings (SSSR count). The zero-order valence-corrected chi connectivity index (χ0v) is 19.2. The lowest BCUT2D eigenvalue weighted by atomic mass is 9.87. The van der Waals surface area contributed by atoms with Crippen LogP contribution in [0.4, 0.5) is 5.82 Å². The molecule has 35 heavy (non-hydrogen) atoms. The van der Waals surface area contributed by atoms with Gasteiger partial charge in [-0.25, -0.2) is 9.50 Å². The van der Waals surface area contributed by atoms with Crippen molar-refractivity contribution in [2.75, 3.05) is 31.2 Å². The molecular weight excluding hydrogens is 444 g/mol. The van der Waals surface area contributed by atoms with E-state index in [1.807, 2.05) is 36.4 Å². The number of hydrogen-bond donors (Lipinski definition) is 2. The average Bonchev–Trinajstić information content (AvgIpc) is 3.31.